The highest BCUT2D eigenvalue weighted by Gasteiger charge is 2.15. The highest BCUT2D eigenvalue weighted by Crippen LogP contribution is 2.31. The van der Waals surface area contributed by atoms with Crippen molar-refractivity contribution in [1.29, 1.82) is 5.26 Å². The van der Waals surface area contributed by atoms with E-state index in [0.717, 1.165) is 5.56 Å². The minimum atomic E-state index is -0.545. The molecule has 0 unspecified atom stereocenters. The van der Waals surface area contributed by atoms with E-state index in [4.69, 9.17) is 21.1 Å². The topological polar surface area (TPSA) is 71.3 Å². The van der Waals surface area contributed by atoms with Crippen molar-refractivity contribution in [2.45, 2.75) is 26.9 Å². The number of carbonyl (C=O) groups excluding carboxylic acids is 1. The van der Waals surface area contributed by atoms with Gasteiger partial charge in [0.1, 0.15) is 23.1 Å². The number of aryl methyl sites for hydroxylation is 1. The molecular weight excluding hydrogens is 364 g/mol. The predicted octanol–water partition coefficient (Wildman–Crippen LogP) is 4.99. The maximum absolute atomic E-state index is 12.6. The van der Waals surface area contributed by atoms with Crippen molar-refractivity contribution in [2.24, 2.45) is 0 Å². The third-order valence-corrected chi connectivity index (χ3v) is 4.08. The lowest BCUT2D eigenvalue weighted by Gasteiger charge is -2.13. The Morgan fingerprint density at radius 2 is 1.96 bits per heavy atom. The summed E-state index contributed by atoms with van der Waals surface area (Å²) in [5.41, 5.74) is 1.82. The van der Waals surface area contributed by atoms with Crippen molar-refractivity contribution >= 4 is 29.3 Å². The van der Waals surface area contributed by atoms with Crippen molar-refractivity contribution < 1.29 is 14.3 Å². The number of rotatable bonds is 6. The third-order valence-electron chi connectivity index (χ3n) is 3.68. The Morgan fingerprint density at radius 1 is 1.26 bits per heavy atom. The first-order chi connectivity index (χ1) is 12.8. The monoisotopic (exact) mass is 384 g/mol. The van der Waals surface area contributed by atoms with Crippen molar-refractivity contribution in [2.75, 3.05) is 12.4 Å². The molecule has 0 aromatic heterocycles. The fraction of sp³-hybridized carbons (Fsp3) is 0.238. The number of hydrogen-bond donors (Lipinski definition) is 1. The molecule has 2 aromatic rings. The van der Waals surface area contributed by atoms with E-state index >= 15 is 0 Å². The third kappa shape index (κ3) is 5.25. The maximum Gasteiger partial charge on any atom is 0.266 e. The highest BCUT2D eigenvalue weighted by molar-refractivity contribution is 6.31. The van der Waals surface area contributed by atoms with E-state index in [0.29, 0.717) is 27.8 Å². The van der Waals surface area contributed by atoms with Gasteiger partial charge in [0.05, 0.1) is 18.9 Å². The molecule has 0 spiro atoms. The van der Waals surface area contributed by atoms with Crippen LogP contribution in [0.25, 0.3) is 6.08 Å². The van der Waals surface area contributed by atoms with Crippen LogP contribution in [-0.2, 0) is 4.79 Å². The quantitative estimate of drug-likeness (QED) is 0.562. The van der Waals surface area contributed by atoms with E-state index in [1.165, 1.54) is 13.2 Å². The van der Waals surface area contributed by atoms with Gasteiger partial charge in [-0.3, -0.25) is 4.79 Å². The lowest BCUT2D eigenvalue weighted by Crippen LogP contribution is -2.14. The van der Waals surface area contributed by atoms with Crippen molar-refractivity contribution in [3.8, 4) is 17.6 Å². The molecule has 2 rings (SSSR count). The first-order valence-electron chi connectivity index (χ1n) is 8.38. The second-order valence-corrected chi connectivity index (χ2v) is 6.54. The van der Waals surface area contributed by atoms with Crippen molar-refractivity contribution in [3.63, 3.8) is 0 Å². The Labute approximate surface area is 164 Å². The zero-order chi connectivity index (χ0) is 20.0. The molecule has 0 fully saturated rings. The Kier molecular flexibility index (Phi) is 6.86. The highest BCUT2D eigenvalue weighted by atomic mass is 35.5. The SMILES string of the molecule is COc1cc(Cl)c(C)cc1NC(=O)/C(C#N)=C/c1ccccc1OC(C)C. The van der Waals surface area contributed by atoms with E-state index in [1.54, 1.807) is 24.3 Å². The second kappa shape index (κ2) is 9.11. The van der Waals surface area contributed by atoms with Crippen LogP contribution in [0.4, 0.5) is 5.69 Å². The summed E-state index contributed by atoms with van der Waals surface area (Å²) in [6.45, 7) is 5.64. The first kappa shape index (κ1) is 20.3. The first-order valence-corrected chi connectivity index (χ1v) is 8.76. The molecule has 0 aliphatic carbocycles. The molecule has 0 atom stereocenters. The summed E-state index contributed by atoms with van der Waals surface area (Å²) >= 11 is 6.09. The van der Waals surface area contributed by atoms with Crippen LogP contribution < -0.4 is 14.8 Å². The molecule has 2 aromatic carbocycles. The minimum Gasteiger partial charge on any atom is -0.495 e. The number of halogens is 1. The Bertz CT molecular complexity index is 914. The number of nitrogens with one attached hydrogen (secondary N) is 1. The molecule has 1 amide bonds. The molecule has 27 heavy (non-hydrogen) atoms. The van der Waals surface area contributed by atoms with Gasteiger partial charge in [0.25, 0.3) is 5.91 Å². The molecule has 0 radical (unpaired) electrons. The van der Waals surface area contributed by atoms with Gasteiger partial charge in [-0.2, -0.15) is 5.26 Å². The molecule has 0 saturated carbocycles. The summed E-state index contributed by atoms with van der Waals surface area (Å²) < 4.78 is 11.0. The lowest BCUT2D eigenvalue weighted by molar-refractivity contribution is -0.112. The molecule has 1 N–H and O–H groups in total. The summed E-state index contributed by atoms with van der Waals surface area (Å²) in [5, 5.41) is 12.7. The molecule has 0 saturated heterocycles. The number of carbonyl (C=O) groups is 1. The average molecular weight is 385 g/mol. The molecule has 0 aliphatic rings. The van der Waals surface area contributed by atoms with Gasteiger partial charge in [-0.15, -0.1) is 0 Å². The fourth-order valence-electron chi connectivity index (χ4n) is 2.38. The maximum atomic E-state index is 12.6. The van der Waals surface area contributed by atoms with Crippen LogP contribution in [0.15, 0.2) is 42.0 Å². The second-order valence-electron chi connectivity index (χ2n) is 6.13. The zero-order valence-corrected chi connectivity index (χ0v) is 16.4. The molecule has 140 valence electrons. The smallest absolute Gasteiger partial charge is 0.266 e. The van der Waals surface area contributed by atoms with Crippen LogP contribution in [0.5, 0.6) is 11.5 Å². The predicted molar refractivity (Wildman–Crippen MR) is 107 cm³/mol. The van der Waals surface area contributed by atoms with Crippen LogP contribution in [0, 0.1) is 18.3 Å². The number of anilines is 1. The van der Waals surface area contributed by atoms with Crippen LogP contribution >= 0.6 is 11.6 Å². The van der Waals surface area contributed by atoms with Crippen molar-refractivity contribution in [3.05, 3.63) is 58.1 Å². The number of methoxy groups -OCH3 is 1. The number of nitrogens with zero attached hydrogens (tertiary/aromatic N) is 1. The molecule has 6 heteroatoms. The largest absolute Gasteiger partial charge is 0.495 e. The molecule has 0 bridgehead atoms. The van der Waals surface area contributed by atoms with E-state index in [2.05, 4.69) is 5.32 Å². The minimum absolute atomic E-state index is 0.0276. The van der Waals surface area contributed by atoms with Gasteiger partial charge < -0.3 is 14.8 Å². The van der Waals surface area contributed by atoms with Gasteiger partial charge in [-0.05, 0) is 44.5 Å². The van der Waals surface area contributed by atoms with E-state index in [-0.39, 0.29) is 11.7 Å². The number of nitriles is 1. The lowest BCUT2D eigenvalue weighted by atomic mass is 10.1. The Hall–Kier alpha value is -2.97. The van der Waals surface area contributed by atoms with E-state index in [9.17, 15) is 10.1 Å². The normalized spacial score (nSPS) is 11.1. The van der Waals surface area contributed by atoms with E-state index in [1.807, 2.05) is 39.0 Å². The van der Waals surface area contributed by atoms with Crippen molar-refractivity contribution in [1.82, 2.24) is 0 Å². The van der Waals surface area contributed by atoms with Gasteiger partial charge in [0.2, 0.25) is 0 Å². The van der Waals surface area contributed by atoms with Gasteiger partial charge in [0.15, 0.2) is 0 Å². The Morgan fingerprint density at radius 3 is 2.59 bits per heavy atom. The van der Waals surface area contributed by atoms with E-state index < -0.39 is 5.91 Å². The van der Waals surface area contributed by atoms with Crippen LogP contribution in [0.1, 0.15) is 25.0 Å². The number of hydrogen-bond acceptors (Lipinski definition) is 4. The standard InChI is InChI=1S/C21H21ClN2O3/c1-13(2)27-19-8-6-5-7-15(19)10-16(12-23)21(25)24-18-9-14(3)17(22)11-20(18)26-4/h5-11,13H,1-4H3,(H,24,25)/b16-10+. The number of ether oxygens (including phenoxy) is 2. The fourth-order valence-corrected chi connectivity index (χ4v) is 2.54. The molecular formula is C21H21ClN2O3. The molecule has 5 nitrogen and oxygen atoms in total. The zero-order valence-electron chi connectivity index (χ0n) is 15.7. The summed E-state index contributed by atoms with van der Waals surface area (Å²) in [4.78, 5) is 12.6. The Balaban J connectivity index is 2.34. The van der Waals surface area contributed by atoms with Gasteiger partial charge in [-0.25, -0.2) is 0 Å². The summed E-state index contributed by atoms with van der Waals surface area (Å²) in [5.74, 6) is 0.477. The van der Waals surface area contributed by atoms with Crippen LogP contribution in [-0.4, -0.2) is 19.1 Å². The summed E-state index contributed by atoms with van der Waals surface area (Å²) in [6.07, 6.45) is 1.47. The number of amides is 1. The van der Waals surface area contributed by atoms with Gasteiger partial charge in [0, 0.05) is 16.7 Å². The number of benzene rings is 2. The average Bonchev–Trinajstić information content (AvgIpc) is 2.63. The van der Waals surface area contributed by atoms with Crippen LogP contribution in [0.3, 0.4) is 0 Å². The summed E-state index contributed by atoms with van der Waals surface area (Å²) in [6, 6.07) is 12.5. The summed E-state index contributed by atoms with van der Waals surface area (Å²) in [7, 11) is 1.48. The van der Waals surface area contributed by atoms with Crippen LogP contribution in [0.2, 0.25) is 5.02 Å². The molecule has 0 heterocycles. The molecule has 0 aliphatic heterocycles. The van der Waals surface area contributed by atoms with Gasteiger partial charge in [-0.1, -0.05) is 29.8 Å². The van der Waals surface area contributed by atoms with Gasteiger partial charge >= 0.3 is 0 Å². The number of para-hydroxylation sites is 1.